The van der Waals surface area contributed by atoms with E-state index in [1.54, 1.807) is 0 Å². The van der Waals surface area contributed by atoms with Crippen molar-refractivity contribution >= 4 is 17.6 Å². The molecule has 0 aliphatic carbocycles. The molecule has 1 aromatic rings. The van der Waals surface area contributed by atoms with Gasteiger partial charge in [-0.25, -0.2) is 0 Å². The summed E-state index contributed by atoms with van der Waals surface area (Å²) in [4.78, 5) is 28.7. The highest BCUT2D eigenvalue weighted by atomic mass is 16.5. The summed E-state index contributed by atoms with van der Waals surface area (Å²) < 4.78 is 4.94. The molecule has 6 heteroatoms. The van der Waals surface area contributed by atoms with Crippen molar-refractivity contribution in [3.05, 3.63) is 29.8 Å². The van der Waals surface area contributed by atoms with Gasteiger partial charge in [-0.2, -0.15) is 0 Å². The number of methoxy groups -OCH3 is 1. The molecule has 0 saturated carbocycles. The number of piperidine rings is 1. The van der Waals surface area contributed by atoms with E-state index in [2.05, 4.69) is 34.5 Å². The Morgan fingerprint density at radius 3 is 2.24 bits per heavy atom. The SMILES string of the molecule is COC(=O)[C@@H](NC1CCN(c2ccc(CC(=O)N3CCCC3)cc2)CC1)C(C)C. The molecule has 2 saturated heterocycles. The lowest BCUT2D eigenvalue weighted by Crippen LogP contribution is -2.51. The van der Waals surface area contributed by atoms with Crippen LogP contribution in [0.25, 0.3) is 0 Å². The smallest absolute Gasteiger partial charge is 0.323 e. The molecule has 0 unspecified atom stereocenters. The number of benzene rings is 1. The third-order valence-electron chi connectivity index (χ3n) is 6.15. The van der Waals surface area contributed by atoms with E-state index in [9.17, 15) is 9.59 Å². The number of nitrogens with zero attached hydrogens (tertiary/aromatic N) is 2. The first-order valence-electron chi connectivity index (χ1n) is 10.9. The summed E-state index contributed by atoms with van der Waals surface area (Å²) in [6.45, 7) is 7.81. The molecule has 0 bridgehead atoms. The molecule has 0 aromatic heterocycles. The van der Waals surface area contributed by atoms with Crippen LogP contribution in [0.15, 0.2) is 24.3 Å². The lowest BCUT2D eigenvalue weighted by Gasteiger charge is -2.36. The summed E-state index contributed by atoms with van der Waals surface area (Å²) in [5, 5.41) is 3.49. The van der Waals surface area contributed by atoms with Crippen molar-refractivity contribution in [2.45, 2.75) is 58.0 Å². The van der Waals surface area contributed by atoms with Gasteiger partial charge in [0.2, 0.25) is 5.91 Å². The third kappa shape index (κ3) is 5.72. The van der Waals surface area contributed by atoms with Crippen molar-refractivity contribution < 1.29 is 14.3 Å². The second-order valence-corrected chi connectivity index (χ2v) is 8.60. The highest BCUT2D eigenvalue weighted by Gasteiger charge is 2.28. The summed E-state index contributed by atoms with van der Waals surface area (Å²) >= 11 is 0. The van der Waals surface area contributed by atoms with Crippen LogP contribution in [0, 0.1) is 5.92 Å². The van der Waals surface area contributed by atoms with Crippen LogP contribution in [-0.2, 0) is 20.7 Å². The summed E-state index contributed by atoms with van der Waals surface area (Å²) in [7, 11) is 1.45. The van der Waals surface area contributed by atoms with Crippen LogP contribution in [-0.4, -0.2) is 62.1 Å². The van der Waals surface area contributed by atoms with Crippen LogP contribution in [0.5, 0.6) is 0 Å². The Labute approximate surface area is 174 Å². The van der Waals surface area contributed by atoms with Crippen LogP contribution in [0.1, 0.15) is 45.1 Å². The molecule has 2 heterocycles. The molecular weight excluding hydrogens is 366 g/mol. The molecule has 0 spiro atoms. The second kappa shape index (κ2) is 10.1. The fraction of sp³-hybridized carbons (Fsp3) is 0.652. The van der Waals surface area contributed by atoms with Crippen molar-refractivity contribution in [2.24, 2.45) is 5.92 Å². The van der Waals surface area contributed by atoms with Gasteiger partial charge in [0.1, 0.15) is 6.04 Å². The van der Waals surface area contributed by atoms with Crippen molar-refractivity contribution in [2.75, 3.05) is 38.2 Å². The number of carbonyl (C=O) groups excluding carboxylic acids is 2. The first-order chi connectivity index (χ1) is 14.0. The lowest BCUT2D eigenvalue weighted by atomic mass is 9.98. The van der Waals surface area contributed by atoms with E-state index in [1.807, 2.05) is 18.7 Å². The Bertz CT molecular complexity index is 675. The van der Waals surface area contributed by atoms with E-state index >= 15 is 0 Å². The van der Waals surface area contributed by atoms with Gasteiger partial charge in [0.15, 0.2) is 0 Å². The molecular formula is C23H35N3O3. The number of rotatable bonds is 7. The number of likely N-dealkylation sites (tertiary alicyclic amines) is 1. The molecule has 6 nitrogen and oxygen atoms in total. The zero-order chi connectivity index (χ0) is 20.8. The van der Waals surface area contributed by atoms with Crippen LogP contribution >= 0.6 is 0 Å². The summed E-state index contributed by atoms with van der Waals surface area (Å²) in [6.07, 6.45) is 4.75. The number of anilines is 1. The average Bonchev–Trinajstić information content (AvgIpc) is 3.27. The number of ether oxygens (including phenoxy) is 1. The zero-order valence-electron chi connectivity index (χ0n) is 18.0. The molecule has 2 aliphatic rings. The van der Waals surface area contributed by atoms with Crippen molar-refractivity contribution in [3.63, 3.8) is 0 Å². The fourth-order valence-corrected chi connectivity index (χ4v) is 4.30. The largest absolute Gasteiger partial charge is 0.468 e. The van der Waals surface area contributed by atoms with Crippen LogP contribution in [0.3, 0.4) is 0 Å². The van der Waals surface area contributed by atoms with E-state index in [1.165, 1.54) is 12.8 Å². The van der Waals surface area contributed by atoms with Crippen LogP contribution < -0.4 is 10.2 Å². The Kier molecular flexibility index (Phi) is 7.53. The van der Waals surface area contributed by atoms with E-state index in [-0.39, 0.29) is 23.8 Å². The highest BCUT2D eigenvalue weighted by molar-refractivity contribution is 5.79. The molecule has 1 atom stereocenters. The van der Waals surface area contributed by atoms with Gasteiger partial charge in [-0.1, -0.05) is 26.0 Å². The average molecular weight is 402 g/mol. The number of carbonyl (C=O) groups is 2. The molecule has 3 rings (SSSR count). The van der Waals surface area contributed by atoms with E-state index < -0.39 is 0 Å². The Balaban J connectivity index is 1.49. The first kappa shape index (κ1) is 21.6. The quantitative estimate of drug-likeness (QED) is 0.712. The summed E-state index contributed by atoms with van der Waals surface area (Å²) in [5.41, 5.74) is 2.29. The molecule has 2 aliphatic heterocycles. The van der Waals surface area contributed by atoms with Gasteiger partial charge < -0.3 is 19.9 Å². The number of amides is 1. The standard InChI is InChI=1S/C23H35N3O3/c1-17(2)22(23(28)29-3)24-19-10-14-25(15-11-19)20-8-6-18(7-9-20)16-21(27)26-12-4-5-13-26/h6-9,17,19,22,24H,4-5,10-16H2,1-3H3/t22-/m0/s1. The minimum absolute atomic E-state index is 0.179. The lowest BCUT2D eigenvalue weighted by molar-refractivity contribution is -0.144. The minimum atomic E-state index is -0.246. The predicted molar refractivity (Wildman–Crippen MR) is 115 cm³/mol. The highest BCUT2D eigenvalue weighted by Crippen LogP contribution is 2.22. The van der Waals surface area contributed by atoms with Gasteiger partial charge in [0.05, 0.1) is 13.5 Å². The normalized spacial score (nSPS) is 18.9. The maximum absolute atomic E-state index is 12.3. The third-order valence-corrected chi connectivity index (χ3v) is 6.15. The number of esters is 1. The van der Waals surface area contributed by atoms with Crippen molar-refractivity contribution in [1.82, 2.24) is 10.2 Å². The molecule has 1 N–H and O–H groups in total. The molecule has 29 heavy (non-hydrogen) atoms. The Morgan fingerprint density at radius 1 is 1.07 bits per heavy atom. The Hall–Kier alpha value is -2.08. The minimum Gasteiger partial charge on any atom is -0.468 e. The van der Waals surface area contributed by atoms with Crippen LogP contribution in [0.2, 0.25) is 0 Å². The van der Waals surface area contributed by atoms with Crippen molar-refractivity contribution in [3.8, 4) is 0 Å². The first-order valence-corrected chi connectivity index (χ1v) is 10.9. The molecule has 1 aromatic carbocycles. The fourth-order valence-electron chi connectivity index (χ4n) is 4.30. The molecule has 2 fully saturated rings. The molecule has 1 amide bonds. The van der Waals surface area contributed by atoms with E-state index in [0.717, 1.165) is 57.4 Å². The van der Waals surface area contributed by atoms with Gasteiger partial charge in [0, 0.05) is 37.9 Å². The molecule has 160 valence electrons. The monoisotopic (exact) mass is 401 g/mol. The van der Waals surface area contributed by atoms with E-state index in [0.29, 0.717) is 12.5 Å². The predicted octanol–water partition coefficient (Wildman–Crippen LogP) is 2.61. The Morgan fingerprint density at radius 2 is 1.69 bits per heavy atom. The number of nitrogens with one attached hydrogen (secondary N) is 1. The van der Waals surface area contributed by atoms with Gasteiger partial charge >= 0.3 is 5.97 Å². The molecule has 0 radical (unpaired) electrons. The van der Waals surface area contributed by atoms with Crippen LogP contribution in [0.4, 0.5) is 5.69 Å². The van der Waals surface area contributed by atoms with Gasteiger partial charge in [0.25, 0.3) is 0 Å². The number of hydrogen-bond acceptors (Lipinski definition) is 5. The summed E-state index contributed by atoms with van der Waals surface area (Å²) in [6, 6.07) is 8.51. The summed E-state index contributed by atoms with van der Waals surface area (Å²) in [5.74, 6) is 0.269. The van der Waals surface area contributed by atoms with E-state index in [4.69, 9.17) is 4.74 Å². The van der Waals surface area contributed by atoms with Gasteiger partial charge in [-0.15, -0.1) is 0 Å². The maximum Gasteiger partial charge on any atom is 0.323 e. The topological polar surface area (TPSA) is 61.9 Å². The van der Waals surface area contributed by atoms with Crippen molar-refractivity contribution in [1.29, 1.82) is 0 Å². The zero-order valence-corrected chi connectivity index (χ0v) is 18.0. The maximum atomic E-state index is 12.3. The number of hydrogen-bond donors (Lipinski definition) is 1. The van der Waals surface area contributed by atoms with Gasteiger partial charge in [-0.3, -0.25) is 9.59 Å². The van der Waals surface area contributed by atoms with Gasteiger partial charge in [-0.05, 0) is 49.3 Å². The second-order valence-electron chi connectivity index (χ2n) is 8.60.